The van der Waals surface area contributed by atoms with Crippen molar-refractivity contribution < 1.29 is 22.7 Å². The number of rotatable bonds is 7. The lowest BCUT2D eigenvalue weighted by Crippen LogP contribution is -2.42. The van der Waals surface area contributed by atoms with Crippen LogP contribution in [0.3, 0.4) is 0 Å². The zero-order valence-electron chi connectivity index (χ0n) is 10.1. The van der Waals surface area contributed by atoms with Crippen molar-refractivity contribution in [3.8, 4) is 0 Å². The molecule has 0 atom stereocenters. The van der Waals surface area contributed by atoms with Crippen LogP contribution in [-0.2, 0) is 24.3 Å². The highest BCUT2D eigenvalue weighted by atomic mass is 32.2. The van der Waals surface area contributed by atoms with Crippen molar-refractivity contribution in [1.82, 2.24) is 4.31 Å². The van der Waals surface area contributed by atoms with Crippen molar-refractivity contribution in [3.05, 3.63) is 0 Å². The molecule has 0 saturated carbocycles. The van der Waals surface area contributed by atoms with Crippen molar-refractivity contribution in [2.24, 2.45) is 0 Å². The van der Waals surface area contributed by atoms with Crippen LogP contribution in [0.4, 0.5) is 0 Å². The minimum atomic E-state index is -3.48. The van der Waals surface area contributed by atoms with Gasteiger partial charge >= 0.3 is 5.97 Å². The van der Waals surface area contributed by atoms with Gasteiger partial charge < -0.3 is 9.47 Å². The SMILES string of the molecule is COCCS(=O)(=O)N(CC(=O)OC)C(C)C. The molecule has 0 saturated heterocycles. The Bertz CT molecular complexity index is 312. The summed E-state index contributed by atoms with van der Waals surface area (Å²) >= 11 is 0. The van der Waals surface area contributed by atoms with Crippen LogP contribution in [0.25, 0.3) is 0 Å². The predicted octanol–water partition coefficient (Wildman–Crippen LogP) is -0.154. The Labute approximate surface area is 96.6 Å². The van der Waals surface area contributed by atoms with Gasteiger partial charge in [-0.15, -0.1) is 0 Å². The Balaban J connectivity index is 4.70. The zero-order valence-corrected chi connectivity index (χ0v) is 10.9. The molecule has 0 aromatic carbocycles. The third kappa shape index (κ3) is 4.91. The Morgan fingerprint density at radius 3 is 2.25 bits per heavy atom. The monoisotopic (exact) mass is 253 g/mol. The van der Waals surface area contributed by atoms with Gasteiger partial charge in [-0.05, 0) is 13.8 Å². The van der Waals surface area contributed by atoms with Crippen LogP contribution in [0.15, 0.2) is 0 Å². The first-order valence-corrected chi connectivity index (χ1v) is 6.51. The lowest BCUT2D eigenvalue weighted by atomic mass is 10.4. The summed E-state index contributed by atoms with van der Waals surface area (Å²) in [7, 11) is -0.830. The molecule has 96 valence electrons. The molecule has 0 spiro atoms. The summed E-state index contributed by atoms with van der Waals surface area (Å²) in [4.78, 5) is 11.1. The van der Waals surface area contributed by atoms with Gasteiger partial charge in [0, 0.05) is 13.2 Å². The molecule has 0 N–H and O–H groups in total. The van der Waals surface area contributed by atoms with Crippen LogP contribution >= 0.6 is 0 Å². The van der Waals surface area contributed by atoms with Crippen LogP contribution < -0.4 is 0 Å². The molecule has 0 radical (unpaired) electrons. The number of nitrogens with zero attached hydrogens (tertiary/aromatic N) is 1. The van der Waals surface area contributed by atoms with E-state index in [-0.39, 0.29) is 24.9 Å². The first-order valence-electron chi connectivity index (χ1n) is 4.90. The minimum Gasteiger partial charge on any atom is -0.468 e. The van der Waals surface area contributed by atoms with Gasteiger partial charge in [-0.2, -0.15) is 4.31 Å². The highest BCUT2D eigenvalue weighted by Gasteiger charge is 2.27. The largest absolute Gasteiger partial charge is 0.468 e. The second-order valence-electron chi connectivity index (χ2n) is 3.52. The van der Waals surface area contributed by atoms with Crippen LogP contribution in [0.5, 0.6) is 0 Å². The van der Waals surface area contributed by atoms with Crippen molar-refractivity contribution in [2.75, 3.05) is 33.1 Å². The molecule has 0 amide bonds. The summed E-state index contributed by atoms with van der Waals surface area (Å²) in [6.07, 6.45) is 0. The van der Waals surface area contributed by atoms with E-state index in [2.05, 4.69) is 4.74 Å². The Morgan fingerprint density at radius 1 is 1.31 bits per heavy atom. The van der Waals surface area contributed by atoms with E-state index >= 15 is 0 Å². The van der Waals surface area contributed by atoms with Gasteiger partial charge in [0.25, 0.3) is 0 Å². The van der Waals surface area contributed by atoms with Crippen LogP contribution in [0.1, 0.15) is 13.8 Å². The molecule has 7 heteroatoms. The lowest BCUT2D eigenvalue weighted by molar-refractivity contribution is -0.141. The molecule has 0 aromatic rings. The summed E-state index contributed by atoms with van der Waals surface area (Å²) in [5.41, 5.74) is 0. The van der Waals surface area contributed by atoms with Gasteiger partial charge in [0.05, 0.1) is 19.5 Å². The van der Waals surface area contributed by atoms with Crippen molar-refractivity contribution in [3.63, 3.8) is 0 Å². The molecule has 0 heterocycles. The van der Waals surface area contributed by atoms with E-state index in [0.717, 1.165) is 4.31 Å². The molecule has 16 heavy (non-hydrogen) atoms. The van der Waals surface area contributed by atoms with Gasteiger partial charge in [0.15, 0.2) is 0 Å². The molecule has 0 aliphatic carbocycles. The van der Waals surface area contributed by atoms with Crippen LogP contribution in [0.2, 0.25) is 0 Å². The van der Waals surface area contributed by atoms with E-state index in [1.165, 1.54) is 14.2 Å². The minimum absolute atomic E-state index is 0.104. The zero-order chi connectivity index (χ0) is 12.8. The third-order valence-corrected chi connectivity index (χ3v) is 3.94. The second kappa shape index (κ2) is 6.82. The lowest BCUT2D eigenvalue weighted by Gasteiger charge is -2.24. The fourth-order valence-corrected chi connectivity index (χ4v) is 2.66. The van der Waals surface area contributed by atoms with Crippen molar-refractivity contribution in [2.45, 2.75) is 19.9 Å². The second-order valence-corrected chi connectivity index (χ2v) is 5.57. The smallest absolute Gasteiger partial charge is 0.321 e. The van der Waals surface area contributed by atoms with Gasteiger partial charge in [-0.3, -0.25) is 4.79 Å². The number of methoxy groups -OCH3 is 2. The fraction of sp³-hybridized carbons (Fsp3) is 0.889. The van der Waals surface area contributed by atoms with Gasteiger partial charge in [0.2, 0.25) is 10.0 Å². The van der Waals surface area contributed by atoms with Crippen LogP contribution in [-0.4, -0.2) is 57.9 Å². The Morgan fingerprint density at radius 2 is 1.88 bits per heavy atom. The van der Waals surface area contributed by atoms with Crippen molar-refractivity contribution >= 4 is 16.0 Å². The van der Waals surface area contributed by atoms with Crippen LogP contribution in [0, 0.1) is 0 Å². The average Bonchev–Trinajstić information content (AvgIpc) is 2.21. The summed E-state index contributed by atoms with van der Waals surface area (Å²) in [5.74, 6) is -0.715. The van der Waals surface area contributed by atoms with E-state index < -0.39 is 16.0 Å². The quantitative estimate of drug-likeness (QED) is 0.590. The third-order valence-electron chi connectivity index (χ3n) is 1.99. The highest BCUT2D eigenvalue weighted by molar-refractivity contribution is 7.89. The average molecular weight is 253 g/mol. The molecule has 0 aromatic heterocycles. The standard InChI is InChI=1S/C9H19NO5S/c1-8(2)10(7-9(11)15-4)16(12,13)6-5-14-3/h8H,5-7H2,1-4H3. The fourth-order valence-electron chi connectivity index (χ4n) is 1.10. The van der Waals surface area contributed by atoms with E-state index in [1.807, 2.05) is 0 Å². The molecular formula is C9H19NO5S. The normalized spacial score (nSPS) is 12.1. The summed E-state index contributed by atoms with van der Waals surface area (Å²) in [6.45, 7) is 3.24. The summed E-state index contributed by atoms with van der Waals surface area (Å²) in [6, 6.07) is -0.291. The van der Waals surface area contributed by atoms with E-state index in [1.54, 1.807) is 13.8 Å². The van der Waals surface area contributed by atoms with E-state index in [4.69, 9.17) is 4.74 Å². The van der Waals surface area contributed by atoms with Gasteiger partial charge in [-0.25, -0.2) is 8.42 Å². The molecular weight excluding hydrogens is 234 g/mol. The highest BCUT2D eigenvalue weighted by Crippen LogP contribution is 2.07. The molecule has 0 bridgehead atoms. The molecule has 0 unspecified atom stereocenters. The predicted molar refractivity (Wildman–Crippen MR) is 59.5 cm³/mol. The summed E-state index contributed by atoms with van der Waals surface area (Å²) in [5, 5.41) is 0. The van der Waals surface area contributed by atoms with E-state index in [0.29, 0.717) is 0 Å². The summed E-state index contributed by atoms with van der Waals surface area (Å²) < 4.78 is 33.9. The van der Waals surface area contributed by atoms with Crippen molar-refractivity contribution in [1.29, 1.82) is 0 Å². The topological polar surface area (TPSA) is 72.9 Å². The number of carbonyl (C=O) groups is 1. The number of hydrogen-bond acceptors (Lipinski definition) is 5. The molecule has 0 aliphatic heterocycles. The maximum Gasteiger partial charge on any atom is 0.321 e. The van der Waals surface area contributed by atoms with Gasteiger partial charge in [-0.1, -0.05) is 0 Å². The number of hydrogen-bond donors (Lipinski definition) is 0. The number of carbonyl (C=O) groups excluding carboxylic acids is 1. The maximum atomic E-state index is 11.8. The van der Waals surface area contributed by atoms with Gasteiger partial charge in [0.1, 0.15) is 6.54 Å². The Hall–Kier alpha value is -0.660. The molecule has 0 rings (SSSR count). The Kier molecular flexibility index (Phi) is 6.54. The number of ether oxygens (including phenoxy) is 2. The molecule has 0 aliphatic rings. The number of esters is 1. The number of sulfonamides is 1. The maximum absolute atomic E-state index is 11.8. The first kappa shape index (κ1) is 15.3. The molecule has 6 nitrogen and oxygen atoms in total. The first-order chi connectivity index (χ1) is 7.35. The van der Waals surface area contributed by atoms with E-state index in [9.17, 15) is 13.2 Å². The molecule has 0 fully saturated rings.